The Morgan fingerprint density at radius 3 is 2.81 bits per heavy atom. The number of para-hydroxylation sites is 1. The smallest absolute Gasteiger partial charge is 0.359 e. The van der Waals surface area contributed by atoms with Crippen molar-refractivity contribution in [2.75, 3.05) is 6.61 Å². The van der Waals surface area contributed by atoms with Crippen molar-refractivity contribution in [3.63, 3.8) is 0 Å². The molecule has 1 saturated carbocycles. The molecule has 2 aromatic rings. The highest BCUT2D eigenvalue weighted by Crippen LogP contribution is 2.23. The maximum absolute atomic E-state index is 12.1. The second kappa shape index (κ2) is 7.99. The molecular weight excluding hydrogens is 336 g/mol. The summed E-state index contributed by atoms with van der Waals surface area (Å²) in [6, 6.07) is 6.60. The summed E-state index contributed by atoms with van der Waals surface area (Å²) < 4.78 is 4.95. The Morgan fingerprint density at radius 2 is 2.00 bits per heavy atom. The van der Waals surface area contributed by atoms with Gasteiger partial charge in [0.15, 0.2) is 12.3 Å². The maximum atomic E-state index is 12.1. The lowest BCUT2D eigenvalue weighted by atomic mass is 9.86. The largest absolute Gasteiger partial charge is 0.451 e. The number of hydrogen-bond acceptors (Lipinski definition) is 5. The van der Waals surface area contributed by atoms with Crippen molar-refractivity contribution >= 4 is 28.8 Å². The Hall–Kier alpha value is -2.90. The van der Waals surface area contributed by atoms with E-state index in [-0.39, 0.29) is 11.7 Å². The van der Waals surface area contributed by atoms with Gasteiger partial charge in [-0.25, -0.2) is 9.59 Å². The first-order chi connectivity index (χ1) is 12.5. The second-order valence-corrected chi connectivity index (χ2v) is 6.58. The minimum Gasteiger partial charge on any atom is -0.451 e. The molecule has 1 heterocycles. The monoisotopic (exact) mass is 358 g/mol. The first kappa shape index (κ1) is 17.9. The van der Waals surface area contributed by atoms with Gasteiger partial charge in [0, 0.05) is 11.4 Å². The summed E-state index contributed by atoms with van der Waals surface area (Å²) in [7, 11) is 0. The Morgan fingerprint density at radius 1 is 1.23 bits per heavy atom. The Kier molecular flexibility index (Phi) is 5.50. The Bertz CT molecular complexity index is 816. The van der Waals surface area contributed by atoms with Gasteiger partial charge in [0.1, 0.15) is 0 Å². The number of imide groups is 1. The van der Waals surface area contributed by atoms with E-state index in [0.717, 1.165) is 25.7 Å². The molecule has 0 radical (unpaired) electrons. The predicted octanol–water partition coefficient (Wildman–Crippen LogP) is 2.12. The molecule has 3 amide bonds. The molecule has 0 spiro atoms. The second-order valence-electron chi connectivity index (χ2n) is 6.58. The number of fused-ring (bicyclic) bond motifs is 1. The summed E-state index contributed by atoms with van der Waals surface area (Å²) in [6.45, 7) is 1.54. The van der Waals surface area contributed by atoms with Crippen LogP contribution in [0.25, 0.3) is 10.9 Å². The number of rotatable bonds is 4. The molecule has 3 rings (SSSR count). The van der Waals surface area contributed by atoms with E-state index >= 15 is 0 Å². The lowest BCUT2D eigenvalue weighted by molar-refractivity contribution is -0.123. The summed E-state index contributed by atoms with van der Waals surface area (Å²) in [4.78, 5) is 35.8. The number of H-pyrrole nitrogens is 1. The van der Waals surface area contributed by atoms with Crippen LogP contribution >= 0.6 is 0 Å². The summed E-state index contributed by atoms with van der Waals surface area (Å²) in [5.41, 5.74) is 0.804. The van der Waals surface area contributed by atoms with Crippen molar-refractivity contribution in [1.82, 2.24) is 20.8 Å². The number of carbonyl (C=O) groups excluding carboxylic acids is 3. The molecule has 0 aliphatic heterocycles. The molecule has 8 heteroatoms. The van der Waals surface area contributed by atoms with Gasteiger partial charge in [-0.3, -0.25) is 15.2 Å². The number of nitrogens with zero attached hydrogens (tertiary/aromatic N) is 1. The molecule has 1 fully saturated rings. The molecule has 26 heavy (non-hydrogen) atoms. The third-order valence-electron chi connectivity index (χ3n) is 4.68. The van der Waals surface area contributed by atoms with E-state index in [4.69, 9.17) is 4.74 Å². The van der Waals surface area contributed by atoms with Crippen LogP contribution in [-0.4, -0.2) is 40.8 Å². The average molecular weight is 358 g/mol. The fourth-order valence-electron chi connectivity index (χ4n) is 3.22. The molecule has 1 aliphatic carbocycles. The fourth-order valence-corrected chi connectivity index (χ4v) is 3.22. The standard InChI is InChI=1S/C18H22N4O4/c1-11-6-2-4-8-13(11)19-18(25)20-15(23)10-26-17(24)16-12-7-3-5-9-14(12)21-22-16/h3,5,7,9,11,13H,2,4,6,8,10H2,1H3,(H,21,22)(H2,19,20,23,25)/t11-,13+/m0/s1. The molecule has 138 valence electrons. The van der Waals surface area contributed by atoms with Crippen molar-refractivity contribution in [3.8, 4) is 0 Å². The number of carbonyl (C=O) groups is 3. The van der Waals surface area contributed by atoms with Gasteiger partial charge < -0.3 is 10.1 Å². The molecule has 1 aliphatic rings. The van der Waals surface area contributed by atoms with Crippen LogP contribution in [0.2, 0.25) is 0 Å². The van der Waals surface area contributed by atoms with Crippen LogP contribution in [0.4, 0.5) is 4.79 Å². The van der Waals surface area contributed by atoms with Crippen LogP contribution in [-0.2, 0) is 9.53 Å². The van der Waals surface area contributed by atoms with E-state index in [1.165, 1.54) is 0 Å². The summed E-state index contributed by atoms with van der Waals surface area (Å²) >= 11 is 0. The zero-order chi connectivity index (χ0) is 18.5. The normalized spacial score (nSPS) is 19.7. The number of urea groups is 1. The van der Waals surface area contributed by atoms with E-state index in [2.05, 4.69) is 27.8 Å². The summed E-state index contributed by atoms with van der Waals surface area (Å²) in [5.74, 6) is -1.02. The van der Waals surface area contributed by atoms with E-state index in [1.54, 1.807) is 18.2 Å². The number of aromatic amines is 1. The number of hydrogen-bond donors (Lipinski definition) is 3. The lowest BCUT2D eigenvalue weighted by Gasteiger charge is -2.29. The predicted molar refractivity (Wildman–Crippen MR) is 94.5 cm³/mol. The third kappa shape index (κ3) is 4.19. The van der Waals surface area contributed by atoms with Gasteiger partial charge in [-0.1, -0.05) is 38.0 Å². The number of benzene rings is 1. The molecule has 2 atom stereocenters. The van der Waals surface area contributed by atoms with E-state index in [1.807, 2.05) is 6.07 Å². The zero-order valence-electron chi connectivity index (χ0n) is 14.6. The zero-order valence-corrected chi connectivity index (χ0v) is 14.6. The van der Waals surface area contributed by atoms with Crippen LogP contribution in [0, 0.1) is 5.92 Å². The van der Waals surface area contributed by atoms with Gasteiger partial charge in [-0.05, 0) is 24.8 Å². The molecule has 1 aromatic carbocycles. The molecule has 1 aromatic heterocycles. The topological polar surface area (TPSA) is 113 Å². The fraction of sp³-hybridized carbons (Fsp3) is 0.444. The highest BCUT2D eigenvalue weighted by atomic mass is 16.5. The van der Waals surface area contributed by atoms with Crippen molar-refractivity contribution in [2.24, 2.45) is 5.92 Å². The molecule has 0 bridgehead atoms. The van der Waals surface area contributed by atoms with Gasteiger partial charge in [0.05, 0.1) is 5.52 Å². The van der Waals surface area contributed by atoms with Crippen molar-refractivity contribution in [3.05, 3.63) is 30.0 Å². The quantitative estimate of drug-likeness (QED) is 0.725. The molecule has 8 nitrogen and oxygen atoms in total. The van der Waals surface area contributed by atoms with Gasteiger partial charge in [0.25, 0.3) is 5.91 Å². The van der Waals surface area contributed by atoms with Gasteiger partial charge in [0.2, 0.25) is 0 Å². The van der Waals surface area contributed by atoms with Crippen molar-refractivity contribution in [1.29, 1.82) is 0 Å². The number of ether oxygens (including phenoxy) is 1. The maximum Gasteiger partial charge on any atom is 0.359 e. The first-order valence-corrected chi connectivity index (χ1v) is 8.75. The van der Waals surface area contributed by atoms with Crippen LogP contribution < -0.4 is 10.6 Å². The Balaban J connectivity index is 1.47. The van der Waals surface area contributed by atoms with Crippen LogP contribution in [0.15, 0.2) is 24.3 Å². The minimum absolute atomic E-state index is 0.0644. The highest BCUT2D eigenvalue weighted by Gasteiger charge is 2.24. The van der Waals surface area contributed by atoms with Crippen LogP contribution in [0.5, 0.6) is 0 Å². The molecule has 0 unspecified atom stereocenters. The number of aromatic nitrogens is 2. The minimum atomic E-state index is -0.723. The highest BCUT2D eigenvalue weighted by molar-refractivity contribution is 6.03. The van der Waals surface area contributed by atoms with Gasteiger partial charge >= 0.3 is 12.0 Å². The average Bonchev–Trinajstić information content (AvgIpc) is 3.06. The van der Waals surface area contributed by atoms with Gasteiger partial charge in [-0.2, -0.15) is 5.10 Å². The SMILES string of the molecule is C[C@H]1CCCC[C@H]1NC(=O)NC(=O)COC(=O)c1n[nH]c2ccccc12. The van der Waals surface area contributed by atoms with E-state index in [0.29, 0.717) is 16.8 Å². The van der Waals surface area contributed by atoms with Crippen molar-refractivity contribution < 1.29 is 19.1 Å². The van der Waals surface area contributed by atoms with E-state index < -0.39 is 24.5 Å². The Labute approximate surface area is 150 Å². The molecule has 3 N–H and O–H groups in total. The summed E-state index contributed by atoms with van der Waals surface area (Å²) in [5, 5.41) is 12.2. The van der Waals surface area contributed by atoms with Crippen LogP contribution in [0.1, 0.15) is 43.1 Å². The summed E-state index contributed by atoms with van der Waals surface area (Å²) in [6.07, 6.45) is 4.20. The van der Waals surface area contributed by atoms with Crippen LogP contribution in [0.3, 0.4) is 0 Å². The lowest BCUT2D eigenvalue weighted by Crippen LogP contribution is -2.48. The number of amides is 3. The first-order valence-electron chi connectivity index (χ1n) is 8.75. The molecular formula is C18H22N4O4. The number of esters is 1. The third-order valence-corrected chi connectivity index (χ3v) is 4.68. The van der Waals surface area contributed by atoms with Crippen molar-refractivity contribution in [2.45, 2.75) is 38.6 Å². The number of nitrogens with one attached hydrogen (secondary N) is 3. The van der Waals surface area contributed by atoms with Gasteiger partial charge in [-0.15, -0.1) is 0 Å². The van der Waals surface area contributed by atoms with E-state index in [9.17, 15) is 14.4 Å². The molecule has 0 saturated heterocycles.